The molecule has 4 unspecified atom stereocenters. The molecule has 5 fully saturated rings. The quantitative estimate of drug-likeness (QED) is 0.563. The fourth-order valence-electron chi connectivity index (χ4n) is 5.75. The number of halogens is 1. The second-order valence-electron chi connectivity index (χ2n) is 7.02. The van der Waals surface area contributed by atoms with E-state index in [1.807, 2.05) is 0 Å². The van der Waals surface area contributed by atoms with Crippen LogP contribution in [0.5, 0.6) is 0 Å². The first-order chi connectivity index (χ1) is 8.12. The predicted octanol–water partition coefficient (Wildman–Crippen LogP) is 3.38. The van der Waals surface area contributed by atoms with Crippen LogP contribution in [0.2, 0.25) is 0 Å². The second kappa shape index (κ2) is 3.40. The standard InChI is InChI=1S/C14H21IO2/c1-12(16-2-3-17-12)14-6-10-4-11(14)7-13(5-10,8-14)9-15/h10-11H,2-9H2,1H3. The minimum Gasteiger partial charge on any atom is -0.347 e. The zero-order chi connectivity index (χ0) is 11.7. The van der Waals surface area contributed by atoms with E-state index in [0.29, 0.717) is 10.8 Å². The molecule has 0 aromatic heterocycles. The molecule has 1 heterocycles. The maximum absolute atomic E-state index is 6.06. The molecule has 1 aliphatic heterocycles. The fraction of sp³-hybridized carbons (Fsp3) is 1.00. The van der Waals surface area contributed by atoms with Crippen LogP contribution in [0.4, 0.5) is 0 Å². The molecule has 96 valence electrons. The molecule has 3 heteroatoms. The van der Waals surface area contributed by atoms with E-state index in [2.05, 4.69) is 29.5 Å². The van der Waals surface area contributed by atoms with Crippen LogP contribution < -0.4 is 0 Å². The van der Waals surface area contributed by atoms with Crippen molar-refractivity contribution in [3.8, 4) is 0 Å². The van der Waals surface area contributed by atoms with Crippen molar-refractivity contribution in [1.82, 2.24) is 0 Å². The first-order valence-electron chi connectivity index (χ1n) is 6.95. The summed E-state index contributed by atoms with van der Waals surface area (Å²) in [7, 11) is 0. The Kier molecular flexibility index (Phi) is 2.29. The maximum atomic E-state index is 6.06. The molecule has 5 rings (SSSR count). The minimum absolute atomic E-state index is 0.263. The summed E-state index contributed by atoms with van der Waals surface area (Å²) < 4.78 is 13.5. The van der Waals surface area contributed by atoms with Gasteiger partial charge in [0.05, 0.1) is 13.2 Å². The number of rotatable bonds is 2. The minimum atomic E-state index is -0.263. The average molecular weight is 348 g/mol. The highest BCUT2D eigenvalue weighted by Crippen LogP contribution is 2.74. The molecule has 4 saturated carbocycles. The molecular weight excluding hydrogens is 327 g/mol. The Balaban J connectivity index is 1.75. The van der Waals surface area contributed by atoms with E-state index in [-0.39, 0.29) is 5.79 Å². The summed E-state index contributed by atoms with van der Waals surface area (Å²) in [6.07, 6.45) is 7.09. The zero-order valence-electron chi connectivity index (χ0n) is 10.5. The van der Waals surface area contributed by atoms with Gasteiger partial charge in [0.1, 0.15) is 0 Å². The summed E-state index contributed by atoms with van der Waals surface area (Å²) in [6.45, 7) is 3.82. The lowest BCUT2D eigenvalue weighted by molar-refractivity contribution is -0.236. The van der Waals surface area contributed by atoms with Gasteiger partial charge in [0.2, 0.25) is 0 Å². The molecule has 4 atom stereocenters. The van der Waals surface area contributed by atoms with Crippen molar-refractivity contribution < 1.29 is 9.47 Å². The number of ether oxygens (including phenoxy) is 2. The highest BCUT2D eigenvalue weighted by Gasteiger charge is 2.70. The van der Waals surface area contributed by atoms with Gasteiger partial charge < -0.3 is 9.47 Å². The van der Waals surface area contributed by atoms with Crippen LogP contribution in [0.3, 0.4) is 0 Å². The lowest BCUT2D eigenvalue weighted by atomic mass is 9.65. The number of alkyl halides is 1. The summed E-state index contributed by atoms with van der Waals surface area (Å²) in [4.78, 5) is 0. The lowest BCUT2D eigenvalue weighted by Gasteiger charge is -2.46. The van der Waals surface area contributed by atoms with Crippen LogP contribution in [-0.4, -0.2) is 23.4 Å². The molecule has 17 heavy (non-hydrogen) atoms. The Hall–Kier alpha value is 0.650. The first-order valence-corrected chi connectivity index (χ1v) is 8.48. The van der Waals surface area contributed by atoms with Crippen LogP contribution >= 0.6 is 22.6 Å². The normalized spacial score (nSPS) is 54.7. The van der Waals surface area contributed by atoms with Crippen LogP contribution in [0.1, 0.15) is 39.0 Å². The molecule has 4 aliphatic carbocycles. The van der Waals surface area contributed by atoms with E-state index >= 15 is 0 Å². The predicted molar refractivity (Wildman–Crippen MR) is 74.1 cm³/mol. The Morgan fingerprint density at radius 1 is 1.18 bits per heavy atom. The first kappa shape index (κ1) is 11.5. The van der Waals surface area contributed by atoms with Crippen LogP contribution in [0.15, 0.2) is 0 Å². The summed E-state index contributed by atoms with van der Waals surface area (Å²) in [5, 5.41) is 0. The molecule has 0 spiro atoms. The summed E-state index contributed by atoms with van der Waals surface area (Å²) in [6, 6.07) is 0. The van der Waals surface area contributed by atoms with Gasteiger partial charge in [0.25, 0.3) is 0 Å². The molecule has 1 saturated heterocycles. The topological polar surface area (TPSA) is 18.5 Å². The van der Waals surface area contributed by atoms with Gasteiger partial charge in [-0.3, -0.25) is 0 Å². The number of hydrogen-bond donors (Lipinski definition) is 0. The third-order valence-corrected chi connectivity index (χ3v) is 7.79. The van der Waals surface area contributed by atoms with Gasteiger partial charge in [0, 0.05) is 9.84 Å². The van der Waals surface area contributed by atoms with Crippen LogP contribution in [0.25, 0.3) is 0 Å². The Morgan fingerprint density at radius 2 is 1.94 bits per heavy atom. The molecule has 0 aromatic carbocycles. The molecule has 5 aliphatic rings. The average Bonchev–Trinajstić information content (AvgIpc) is 2.91. The van der Waals surface area contributed by atoms with E-state index in [9.17, 15) is 0 Å². The zero-order valence-corrected chi connectivity index (χ0v) is 12.7. The largest absolute Gasteiger partial charge is 0.347 e. The monoisotopic (exact) mass is 348 g/mol. The van der Waals surface area contributed by atoms with E-state index in [4.69, 9.17) is 9.47 Å². The molecule has 4 bridgehead atoms. The summed E-state index contributed by atoms with van der Waals surface area (Å²) in [5.74, 6) is 1.57. The van der Waals surface area contributed by atoms with Gasteiger partial charge in [-0.25, -0.2) is 0 Å². The lowest BCUT2D eigenvalue weighted by Crippen LogP contribution is -2.49. The van der Waals surface area contributed by atoms with E-state index in [0.717, 1.165) is 25.0 Å². The maximum Gasteiger partial charge on any atom is 0.171 e. The molecular formula is C14H21IO2. The fourth-order valence-corrected chi connectivity index (χ4v) is 6.64. The van der Waals surface area contributed by atoms with Gasteiger partial charge in [-0.1, -0.05) is 22.6 Å². The van der Waals surface area contributed by atoms with Crippen molar-refractivity contribution in [2.45, 2.75) is 44.8 Å². The van der Waals surface area contributed by atoms with Gasteiger partial charge in [-0.15, -0.1) is 0 Å². The SMILES string of the molecule is CC1(C23CC4CC2CC(CI)(C4)C3)OCCO1. The molecule has 0 aromatic rings. The smallest absolute Gasteiger partial charge is 0.171 e. The van der Waals surface area contributed by atoms with E-state index in [1.165, 1.54) is 36.5 Å². The molecule has 0 N–H and O–H groups in total. The summed E-state index contributed by atoms with van der Waals surface area (Å²) >= 11 is 2.61. The van der Waals surface area contributed by atoms with Gasteiger partial charge in [0.15, 0.2) is 5.79 Å². The Morgan fingerprint density at radius 3 is 2.65 bits per heavy atom. The van der Waals surface area contributed by atoms with Crippen molar-refractivity contribution in [3.63, 3.8) is 0 Å². The molecule has 0 amide bonds. The van der Waals surface area contributed by atoms with Crippen molar-refractivity contribution in [3.05, 3.63) is 0 Å². The second-order valence-corrected chi connectivity index (χ2v) is 7.78. The summed E-state index contributed by atoms with van der Waals surface area (Å²) in [5.41, 5.74) is 0.988. The Labute approximate surface area is 117 Å². The van der Waals surface area contributed by atoms with E-state index in [1.54, 1.807) is 0 Å². The van der Waals surface area contributed by atoms with Crippen LogP contribution in [0, 0.1) is 22.7 Å². The third kappa shape index (κ3) is 1.29. The highest BCUT2D eigenvalue weighted by atomic mass is 127. The van der Waals surface area contributed by atoms with Crippen molar-refractivity contribution >= 4 is 22.6 Å². The van der Waals surface area contributed by atoms with Crippen molar-refractivity contribution in [2.75, 3.05) is 17.6 Å². The van der Waals surface area contributed by atoms with Crippen molar-refractivity contribution in [2.24, 2.45) is 22.7 Å². The molecule has 0 radical (unpaired) electrons. The van der Waals surface area contributed by atoms with Crippen LogP contribution in [-0.2, 0) is 9.47 Å². The molecule has 2 nitrogen and oxygen atoms in total. The van der Waals surface area contributed by atoms with Gasteiger partial charge >= 0.3 is 0 Å². The van der Waals surface area contributed by atoms with Gasteiger partial charge in [-0.2, -0.15) is 0 Å². The van der Waals surface area contributed by atoms with Gasteiger partial charge in [-0.05, 0) is 56.3 Å². The third-order valence-electron chi connectivity index (χ3n) is 6.17. The Bertz CT molecular complexity index is 352. The van der Waals surface area contributed by atoms with E-state index < -0.39 is 0 Å². The number of hydrogen-bond acceptors (Lipinski definition) is 2. The van der Waals surface area contributed by atoms with Crippen molar-refractivity contribution in [1.29, 1.82) is 0 Å². The highest BCUT2D eigenvalue weighted by molar-refractivity contribution is 14.1.